The van der Waals surface area contributed by atoms with Crippen molar-refractivity contribution in [3.05, 3.63) is 34.9 Å². The van der Waals surface area contributed by atoms with Crippen LogP contribution in [0, 0.1) is 0 Å². The number of rotatable bonds is 2. The van der Waals surface area contributed by atoms with Crippen LogP contribution in [-0.2, 0) is 19.4 Å². The van der Waals surface area contributed by atoms with Crippen LogP contribution in [0.4, 0.5) is 0 Å². The molecule has 1 heterocycles. The van der Waals surface area contributed by atoms with Gasteiger partial charge in [-0.1, -0.05) is 18.2 Å². The summed E-state index contributed by atoms with van der Waals surface area (Å²) in [5.41, 5.74) is 3.54. The molecule has 1 aliphatic heterocycles. The summed E-state index contributed by atoms with van der Waals surface area (Å²) in [6.07, 6.45) is 3.15. The van der Waals surface area contributed by atoms with Gasteiger partial charge in [-0.15, -0.1) is 0 Å². The van der Waals surface area contributed by atoms with E-state index in [-0.39, 0.29) is 0 Å². The summed E-state index contributed by atoms with van der Waals surface area (Å²) in [7, 11) is 2.18. The van der Waals surface area contributed by atoms with Gasteiger partial charge in [0.05, 0.1) is 5.60 Å². The smallest absolute Gasteiger partial charge is 0.0631 e. The molecule has 0 saturated carbocycles. The zero-order chi connectivity index (χ0) is 12.5. The van der Waals surface area contributed by atoms with Gasteiger partial charge in [-0.05, 0) is 57.0 Å². The zero-order valence-corrected chi connectivity index (χ0v) is 11.2. The molecule has 0 radical (unpaired) electrons. The van der Waals surface area contributed by atoms with Crippen molar-refractivity contribution in [2.24, 2.45) is 0 Å². The average molecular weight is 233 g/mol. The predicted octanol–water partition coefficient (Wildman–Crippen LogP) is 2.38. The van der Waals surface area contributed by atoms with Crippen molar-refractivity contribution in [2.45, 2.75) is 45.3 Å². The monoisotopic (exact) mass is 233 g/mol. The largest absolute Gasteiger partial charge is 0.390 e. The lowest BCUT2D eigenvalue weighted by atomic mass is 9.94. The Morgan fingerprint density at radius 2 is 2.06 bits per heavy atom. The van der Waals surface area contributed by atoms with Gasteiger partial charge in [-0.3, -0.25) is 0 Å². The molecule has 1 aromatic rings. The number of aliphatic hydroxyl groups is 1. The molecule has 0 saturated heterocycles. The van der Waals surface area contributed by atoms with Crippen LogP contribution in [0.2, 0.25) is 0 Å². The molecule has 2 rings (SSSR count). The molecule has 0 amide bonds. The molecule has 0 atom stereocenters. The van der Waals surface area contributed by atoms with Gasteiger partial charge in [-0.2, -0.15) is 0 Å². The van der Waals surface area contributed by atoms with E-state index in [1.54, 1.807) is 0 Å². The van der Waals surface area contributed by atoms with Crippen molar-refractivity contribution in [2.75, 3.05) is 13.6 Å². The van der Waals surface area contributed by atoms with Crippen LogP contribution in [0.5, 0.6) is 0 Å². The first-order chi connectivity index (χ1) is 7.94. The second-order valence-electron chi connectivity index (χ2n) is 5.93. The predicted molar refractivity (Wildman–Crippen MR) is 71.1 cm³/mol. The fourth-order valence-electron chi connectivity index (χ4n) is 2.59. The summed E-state index contributed by atoms with van der Waals surface area (Å²) < 4.78 is 0. The second-order valence-corrected chi connectivity index (χ2v) is 5.93. The minimum absolute atomic E-state index is 0.620. The van der Waals surface area contributed by atoms with Gasteiger partial charge < -0.3 is 10.0 Å². The molecule has 94 valence electrons. The summed E-state index contributed by atoms with van der Waals surface area (Å²) in [5.74, 6) is 0. The van der Waals surface area contributed by atoms with E-state index in [0.29, 0.717) is 0 Å². The van der Waals surface area contributed by atoms with Crippen molar-refractivity contribution in [1.29, 1.82) is 0 Å². The minimum Gasteiger partial charge on any atom is -0.390 e. The van der Waals surface area contributed by atoms with Gasteiger partial charge in [0.2, 0.25) is 0 Å². The Balaban J connectivity index is 2.23. The van der Waals surface area contributed by atoms with E-state index in [0.717, 1.165) is 13.0 Å². The third kappa shape index (κ3) is 3.55. The van der Waals surface area contributed by atoms with Gasteiger partial charge in [-0.25, -0.2) is 0 Å². The van der Waals surface area contributed by atoms with Gasteiger partial charge in [0.1, 0.15) is 0 Å². The lowest BCUT2D eigenvalue weighted by Gasteiger charge is -2.19. The maximum atomic E-state index is 9.87. The average Bonchev–Trinajstić information content (AvgIpc) is 2.35. The van der Waals surface area contributed by atoms with Gasteiger partial charge >= 0.3 is 0 Å². The summed E-state index contributed by atoms with van der Waals surface area (Å²) in [5, 5.41) is 9.87. The normalized spacial score (nSPS) is 17.6. The maximum Gasteiger partial charge on any atom is 0.0631 e. The molecule has 1 aromatic carbocycles. The molecule has 1 aliphatic rings. The molecule has 2 nitrogen and oxygen atoms in total. The Labute approximate surface area is 104 Å². The SMILES string of the molecule is CN1CCCc2ccc(CC(C)(C)O)cc2C1. The highest BCUT2D eigenvalue weighted by Crippen LogP contribution is 2.21. The molecule has 2 heteroatoms. The maximum absolute atomic E-state index is 9.87. The van der Waals surface area contributed by atoms with Crippen LogP contribution in [0.15, 0.2) is 18.2 Å². The fourth-order valence-corrected chi connectivity index (χ4v) is 2.59. The van der Waals surface area contributed by atoms with E-state index in [9.17, 15) is 5.11 Å². The Morgan fingerprint density at radius 1 is 1.29 bits per heavy atom. The number of aryl methyl sites for hydroxylation is 1. The number of hydrogen-bond acceptors (Lipinski definition) is 2. The number of hydrogen-bond donors (Lipinski definition) is 1. The van der Waals surface area contributed by atoms with E-state index in [4.69, 9.17) is 0 Å². The molecule has 0 aliphatic carbocycles. The Kier molecular flexibility index (Phi) is 3.55. The van der Waals surface area contributed by atoms with Crippen molar-refractivity contribution in [3.8, 4) is 0 Å². The molecular formula is C15H23NO. The van der Waals surface area contributed by atoms with Crippen LogP contribution in [0.25, 0.3) is 0 Å². The summed E-state index contributed by atoms with van der Waals surface area (Å²) >= 11 is 0. The number of nitrogens with zero attached hydrogens (tertiary/aromatic N) is 1. The Hall–Kier alpha value is -0.860. The van der Waals surface area contributed by atoms with Gasteiger partial charge in [0.25, 0.3) is 0 Å². The first kappa shape index (κ1) is 12.6. The Bertz CT molecular complexity index is 392. The summed E-state index contributed by atoms with van der Waals surface area (Å²) in [6.45, 7) is 5.94. The highest BCUT2D eigenvalue weighted by atomic mass is 16.3. The highest BCUT2D eigenvalue weighted by Gasteiger charge is 2.16. The minimum atomic E-state index is -0.620. The van der Waals surface area contributed by atoms with Gasteiger partial charge in [0, 0.05) is 13.0 Å². The molecule has 1 N–H and O–H groups in total. The van der Waals surface area contributed by atoms with E-state index in [1.807, 2.05) is 13.8 Å². The van der Waals surface area contributed by atoms with E-state index < -0.39 is 5.60 Å². The quantitative estimate of drug-likeness (QED) is 0.848. The highest BCUT2D eigenvalue weighted by molar-refractivity contribution is 5.33. The topological polar surface area (TPSA) is 23.5 Å². The van der Waals surface area contributed by atoms with E-state index in [2.05, 4.69) is 30.1 Å². The lowest BCUT2D eigenvalue weighted by molar-refractivity contribution is 0.0810. The van der Waals surface area contributed by atoms with Crippen molar-refractivity contribution < 1.29 is 5.11 Å². The van der Waals surface area contributed by atoms with Crippen molar-refractivity contribution in [1.82, 2.24) is 4.90 Å². The third-order valence-corrected chi connectivity index (χ3v) is 3.33. The zero-order valence-electron chi connectivity index (χ0n) is 11.2. The van der Waals surface area contributed by atoms with Crippen LogP contribution in [0.1, 0.15) is 37.0 Å². The molecule has 0 fully saturated rings. The molecule has 0 bridgehead atoms. The van der Waals surface area contributed by atoms with Crippen molar-refractivity contribution >= 4 is 0 Å². The van der Waals surface area contributed by atoms with Crippen LogP contribution >= 0.6 is 0 Å². The molecule has 0 spiro atoms. The van der Waals surface area contributed by atoms with Crippen LogP contribution in [0.3, 0.4) is 0 Å². The summed E-state index contributed by atoms with van der Waals surface area (Å²) in [4.78, 5) is 2.37. The molecule has 0 aromatic heterocycles. The molecular weight excluding hydrogens is 210 g/mol. The van der Waals surface area contributed by atoms with E-state index >= 15 is 0 Å². The molecule has 17 heavy (non-hydrogen) atoms. The fraction of sp³-hybridized carbons (Fsp3) is 0.600. The van der Waals surface area contributed by atoms with Crippen molar-refractivity contribution in [3.63, 3.8) is 0 Å². The first-order valence-electron chi connectivity index (χ1n) is 6.46. The van der Waals surface area contributed by atoms with E-state index in [1.165, 1.54) is 36.1 Å². The Morgan fingerprint density at radius 3 is 2.76 bits per heavy atom. The summed E-state index contributed by atoms with van der Waals surface area (Å²) in [6, 6.07) is 6.69. The lowest BCUT2D eigenvalue weighted by Crippen LogP contribution is -2.22. The number of fused-ring (bicyclic) bond motifs is 1. The number of benzene rings is 1. The third-order valence-electron chi connectivity index (χ3n) is 3.33. The standard InChI is InChI=1S/C15H23NO/c1-15(2,17)10-12-6-7-13-5-4-8-16(3)11-14(13)9-12/h6-7,9,17H,4-5,8,10-11H2,1-3H3. The molecule has 0 unspecified atom stereocenters. The van der Waals surface area contributed by atoms with Crippen LogP contribution in [-0.4, -0.2) is 29.2 Å². The van der Waals surface area contributed by atoms with Crippen LogP contribution < -0.4 is 0 Å². The first-order valence-corrected chi connectivity index (χ1v) is 6.46. The van der Waals surface area contributed by atoms with Gasteiger partial charge in [0.15, 0.2) is 0 Å². The second kappa shape index (κ2) is 4.79.